The van der Waals surface area contributed by atoms with E-state index in [9.17, 15) is 9.59 Å². The number of rotatable bonds is 5. The Kier molecular flexibility index (Phi) is 5.30. The molecule has 0 spiro atoms. The fourth-order valence-corrected chi connectivity index (χ4v) is 5.39. The van der Waals surface area contributed by atoms with Gasteiger partial charge in [0.2, 0.25) is 0 Å². The van der Waals surface area contributed by atoms with E-state index >= 15 is 0 Å². The van der Waals surface area contributed by atoms with Crippen LogP contribution in [0.4, 0.5) is 0 Å². The van der Waals surface area contributed by atoms with Crippen molar-refractivity contribution in [3.63, 3.8) is 0 Å². The van der Waals surface area contributed by atoms with Crippen LogP contribution in [-0.4, -0.2) is 27.8 Å². The third-order valence-corrected chi connectivity index (χ3v) is 6.69. The van der Waals surface area contributed by atoms with E-state index in [1.165, 1.54) is 22.2 Å². The van der Waals surface area contributed by atoms with E-state index in [1.54, 1.807) is 18.3 Å². The minimum Gasteiger partial charge on any atom is -0.465 e. The molecule has 1 aliphatic carbocycles. The van der Waals surface area contributed by atoms with Gasteiger partial charge < -0.3 is 9.72 Å². The number of hydrogen-bond acceptors (Lipinski definition) is 6. The molecule has 7 heteroatoms. The van der Waals surface area contributed by atoms with Crippen molar-refractivity contribution in [1.82, 2.24) is 9.97 Å². The molecule has 0 aliphatic heterocycles. The van der Waals surface area contributed by atoms with Crippen molar-refractivity contribution in [3.05, 3.63) is 20.8 Å². The first kappa shape index (κ1) is 17.5. The number of aromatic amines is 1. The average molecular weight is 367 g/mol. The lowest BCUT2D eigenvalue weighted by atomic mass is 9.89. The van der Waals surface area contributed by atoms with Crippen molar-refractivity contribution in [2.24, 2.45) is 5.92 Å². The predicted molar refractivity (Wildman–Crippen MR) is 98.0 cm³/mol. The molecule has 0 aromatic carbocycles. The summed E-state index contributed by atoms with van der Waals surface area (Å²) in [6.07, 6.45) is 3.73. The summed E-state index contributed by atoms with van der Waals surface area (Å²) in [6, 6.07) is 0. The Hall–Kier alpha value is -1.34. The average Bonchev–Trinajstić information content (AvgIpc) is 2.90. The molecule has 0 bridgehead atoms. The Labute approximate surface area is 149 Å². The molecule has 3 rings (SSSR count). The second-order valence-corrected chi connectivity index (χ2v) is 8.44. The van der Waals surface area contributed by atoms with Gasteiger partial charge in [-0.05, 0) is 44.1 Å². The Morgan fingerprint density at radius 2 is 2.29 bits per heavy atom. The maximum atomic E-state index is 12.6. The third-order valence-electron chi connectivity index (χ3n) is 4.32. The predicted octanol–water partition coefficient (Wildman–Crippen LogP) is 3.54. The molecule has 0 amide bonds. The highest BCUT2D eigenvalue weighted by Gasteiger charge is 2.25. The van der Waals surface area contributed by atoms with Crippen molar-refractivity contribution < 1.29 is 9.53 Å². The molecule has 2 heterocycles. The summed E-state index contributed by atoms with van der Waals surface area (Å²) in [5.74, 6) is 0.402. The normalized spacial score (nSPS) is 18.4. The van der Waals surface area contributed by atoms with Gasteiger partial charge >= 0.3 is 5.97 Å². The molecule has 2 aromatic rings. The van der Waals surface area contributed by atoms with Gasteiger partial charge in [0.05, 0.1) is 12.0 Å². The number of H-pyrrole nitrogens is 1. The molecular formula is C17H22N2O3S2. The highest BCUT2D eigenvalue weighted by Crippen LogP contribution is 2.36. The molecule has 0 radical (unpaired) electrons. The number of thiophene rings is 1. The maximum Gasteiger partial charge on any atom is 0.319 e. The number of nitrogens with one attached hydrogen (secondary N) is 1. The molecule has 130 valence electrons. The van der Waals surface area contributed by atoms with Gasteiger partial charge in [-0.25, -0.2) is 4.98 Å². The standard InChI is InChI=1S/C17H22N2O3S2/c1-4-11(16(21)22-5-2)24-17-18-14(20)13-10-7-6-9(3)8-12(10)23-15(13)19-17/h9,11H,4-8H2,1-3H3,(H,18,19,20)/t9-,11+/m0/s1. The zero-order chi connectivity index (χ0) is 17.3. The lowest BCUT2D eigenvalue weighted by Crippen LogP contribution is -2.20. The molecule has 0 saturated carbocycles. The Bertz CT molecular complexity index is 812. The van der Waals surface area contributed by atoms with Gasteiger partial charge in [-0.2, -0.15) is 0 Å². The lowest BCUT2D eigenvalue weighted by molar-refractivity contribution is -0.142. The number of nitrogens with zero attached hydrogens (tertiary/aromatic N) is 1. The second kappa shape index (κ2) is 7.27. The van der Waals surface area contributed by atoms with Crippen LogP contribution in [0.3, 0.4) is 0 Å². The summed E-state index contributed by atoms with van der Waals surface area (Å²) in [5, 5.41) is 0.898. The van der Waals surface area contributed by atoms with Crippen LogP contribution in [0.15, 0.2) is 9.95 Å². The number of aromatic nitrogens is 2. The molecule has 0 unspecified atom stereocenters. The summed E-state index contributed by atoms with van der Waals surface area (Å²) in [4.78, 5) is 34.1. The molecule has 0 fully saturated rings. The van der Waals surface area contributed by atoms with Crippen molar-refractivity contribution in [1.29, 1.82) is 0 Å². The van der Waals surface area contributed by atoms with Crippen LogP contribution in [0.1, 0.15) is 44.1 Å². The smallest absolute Gasteiger partial charge is 0.319 e. The van der Waals surface area contributed by atoms with Crippen LogP contribution >= 0.6 is 23.1 Å². The highest BCUT2D eigenvalue weighted by molar-refractivity contribution is 8.00. The quantitative estimate of drug-likeness (QED) is 0.498. The van der Waals surface area contributed by atoms with Gasteiger partial charge in [0.25, 0.3) is 5.56 Å². The molecule has 2 atom stereocenters. The van der Waals surface area contributed by atoms with Crippen molar-refractivity contribution in [2.75, 3.05) is 6.61 Å². The van der Waals surface area contributed by atoms with Gasteiger partial charge in [0, 0.05) is 4.88 Å². The van der Waals surface area contributed by atoms with Crippen LogP contribution in [0.25, 0.3) is 10.2 Å². The van der Waals surface area contributed by atoms with Crippen LogP contribution in [0.5, 0.6) is 0 Å². The van der Waals surface area contributed by atoms with Gasteiger partial charge in [-0.15, -0.1) is 11.3 Å². The van der Waals surface area contributed by atoms with E-state index in [2.05, 4.69) is 16.9 Å². The fourth-order valence-electron chi connectivity index (χ4n) is 3.05. The first-order valence-corrected chi connectivity index (χ1v) is 10.1. The van der Waals surface area contributed by atoms with Crippen molar-refractivity contribution in [2.45, 2.75) is 56.9 Å². The summed E-state index contributed by atoms with van der Waals surface area (Å²) in [5.41, 5.74) is 1.09. The number of aryl methyl sites for hydroxylation is 1. The number of carbonyl (C=O) groups excluding carboxylic acids is 1. The molecule has 2 aromatic heterocycles. The monoisotopic (exact) mass is 366 g/mol. The van der Waals surface area contributed by atoms with Crippen LogP contribution < -0.4 is 5.56 Å². The summed E-state index contributed by atoms with van der Waals surface area (Å²) in [6.45, 7) is 6.32. The molecule has 1 aliphatic rings. The number of fused-ring (bicyclic) bond motifs is 3. The Morgan fingerprint density at radius 1 is 1.50 bits per heavy atom. The molecule has 5 nitrogen and oxygen atoms in total. The number of carbonyl (C=O) groups is 1. The van der Waals surface area contributed by atoms with Crippen molar-refractivity contribution in [3.8, 4) is 0 Å². The third kappa shape index (κ3) is 3.37. The Morgan fingerprint density at radius 3 is 3.00 bits per heavy atom. The van der Waals surface area contributed by atoms with Gasteiger partial charge in [-0.1, -0.05) is 25.6 Å². The van der Waals surface area contributed by atoms with E-state index in [-0.39, 0.29) is 16.8 Å². The topological polar surface area (TPSA) is 72.0 Å². The van der Waals surface area contributed by atoms with Crippen LogP contribution in [-0.2, 0) is 22.4 Å². The summed E-state index contributed by atoms with van der Waals surface area (Å²) in [7, 11) is 0. The highest BCUT2D eigenvalue weighted by atomic mass is 32.2. The lowest BCUT2D eigenvalue weighted by Gasteiger charge is -2.17. The summed E-state index contributed by atoms with van der Waals surface area (Å²) < 4.78 is 5.09. The Balaban J connectivity index is 1.93. The number of esters is 1. The van der Waals surface area contributed by atoms with Crippen LogP contribution in [0, 0.1) is 5.92 Å². The van der Waals surface area contributed by atoms with E-state index in [0.717, 1.165) is 29.5 Å². The number of hydrogen-bond donors (Lipinski definition) is 1. The fraction of sp³-hybridized carbons (Fsp3) is 0.588. The van der Waals surface area contributed by atoms with Gasteiger partial charge in [-0.3, -0.25) is 9.59 Å². The first-order valence-electron chi connectivity index (χ1n) is 8.41. The summed E-state index contributed by atoms with van der Waals surface area (Å²) >= 11 is 2.90. The largest absolute Gasteiger partial charge is 0.465 e. The van der Waals surface area contributed by atoms with E-state index in [0.29, 0.717) is 24.1 Å². The first-order chi connectivity index (χ1) is 11.5. The maximum absolute atomic E-state index is 12.6. The second-order valence-electron chi connectivity index (χ2n) is 6.17. The minimum atomic E-state index is -0.347. The number of ether oxygens (including phenoxy) is 1. The zero-order valence-corrected chi connectivity index (χ0v) is 15.8. The SMILES string of the molecule is CCOC(=O)[C@@H](CC)Sc1nc2sc3c(c2c(=O)[nH]1)CC[C@H](C)C3. The van der Waals surface area contributed by atoms with E-state index < -0.39 is 0 Å². The molecule has 1 N–H and O–H groups in total. The minimum absolute atomic E-state index is 0.0896. The van der Waals surface area contributed by atoms with Crippen LogP contribution in [0.2, 0.25) is 0 Å². The molecule has 0 saturated heterocycles. The van der Waals surface area contributed by atoms with E-state index in [1.807, 2.05) is 6.92 Å². The number of thioether (sulfide) groups is 1. The zero-order valence-electron chi connectivity index (χ0n) is 14.2. The molecule has 24 heavy (non-hydrogen) atoms. The van der Waals surface area contributed by atoms with Gasteiger partial charge in [0.15, 0.2) is 5.16 Å². The molecular weight excluding hydrogens is 344 g/mol. The van der Waals surface area contributed by atoms with Gasteiger partial charge in [0.1, 0.15) is 10.1 Å². The van der Waals surface area contributed by atoms with E-state index in [4.69, 9.17) is 4.74 Å². The van der Waals surface area contributed by atoms with Crippen molar-refractivity contribution >= 4 is 39.3 Å².